The van der Waals surface area contributed by atoms with Crippen LogP contribution < -0.4 is 20.1 Å². The fourth-order valence-corrected chi connectivity index (χ4v) is 3.45. The lowest BCUT2D eigenvalue weighted by Crippen LogP contribution is -2.29. The summed E-state index contributed by atoms with van der Waals surface area (Å²) in [6, 6.07) is 13.5. The van der Waals surface area contributed by atoms with Gasteiger partial charge >= 0.3 is 0 Å². The third kappa shape index (κ3) is 6.13. The molecule has 0 spiro atoms. The lowest BCUT2D eigenvalue weighted by Gasteiger charge is -2.09. The number of hydrogen-bond donors (Lipinski definition) is 3. The van der Waals surface area contributed by atoms with Crippen LogP contribution in [-0.4, -0.2) is 43.3 Å². The van der Waals surface area contributed by atoms with Crippen molar-refractivity contribution < 1.29 is 13.2 Å². The number of ether oxygens (including phenoxy) is 1. The zero-order valence-electron chi connectivity index (χ0n) is 15.9. The first-order valence-corrected chi connectivity index (χ1v) is 10.5. The van der Waals surface area contributed by atoms with E-state index in [1.165, 1.54) is 12.1 Å². The smallest absolute Gasteiger partial charge is 0.240 e. The van der Waals surface area contributed by atoms with Gasteiger partial charge in [-0.15, -0.1) is 10.2 Å². The Morgan fingerprint density at radius 1 is 0.897 bits per heavy atom. The van der Waals surface area contributed by atoms with Crippen LogP contribution in [0.5, 0.6) is 5.75 Å². The molecular formula is C19H22N6O3S. The van der Waals surface area contributed by atoms with Gasteiger partial charge in [-0.1, -0.05) is 0 Å². The molecule has 3 aromatic rings. The zero-order valence-corrected chi connectivity index (χ0v) is 16.7. The Hall–Kier alpha value is -3.24. The van der Waals surface area contributed by atoms with Crippen molar-refractivity contribution in [2.75, 3.05) is 30.3 Å². The summed E-state index contributed by atoms with van der Waals surface area (Å²) < 4.78 is 32.5. The van der Waals surface area contributed by atoms with Crippen molar-refractivity contribution in [1.82, 2.24) is 19.9 Å². The quantitative estimate of drug-likeness (QED) is 0.433. The highest BCUT2D eigenvalue weighted by Gasteiger charge is 2.13. The number of pyridine rings is 1. The van der Waals surface area contributed by atoms with E-state index in [9.17, 15) is 8.42 Å². The van der Waals surface area contributed by atoms with Crippen molar-refractivity contribution in [2.45, 2.75) is 11.8 Å². The van der Waals surface area contributed by atoms with Gasteiger partial charge in [-0.2, -0.15) is 0 Å². The molecule has 29 heavy (non-hydrogen) atoms. The fourth-order valence-electron chi connectivity index (χ4n) is 2.42. The minimum absolute atomic E-state index is 0.187. The third-order valence-electron chi connectivity index (χ3n) is 3.79. The van der Waals surface area contributed by atoms with Gasteiger partial charge in [0.15, 0.2) is 5.82 Å². The van der Waals surface area contributed by atoms with Crippen molar-refractivity contribution in [2.24, 2.45) is 0 Å². The Bertz CT molecular complexity index is 996. The Labute approximate surface area is 169 Å². The summed E-state index contributed by atoms with van der Waals surface area (Å²) in [5.41, 5.74) is 0.860. The molecule has 0 saturated carbocycles. The van der Waals surface area contributed by atoms with E-state index < -0.39 is 10.0 Å². The number of nitrogens with zero attached hydrogens (tertiary/aromatic N) is 3. The average molecular weight is 414 g/mol. The van der Waals surface area contributed by atoms with E-state index in [0.29, 0.717) is 30.5 Å². The lowest BCUT2D eigenvalue weighted by atomic mass is 10.3. The standard InChI is InChI=1S/C19H22N6O3S/c1-2-28-16-3-5-17(6-4-16)29(26,27)22-14-13-21-18-7-8-19(25-24-18)23-15-9-11-20-12-10-15/h3-12,22H,2,13-14H2,1H3,(H,21,24)(H,20,23,25). The van der Waals surface area contributed by atoms with Crippen molar-refractivity contribution >= 4 is 27.3 Å². The molecular weight excluding hydrogens is 392 g/mol. The Kier molecular flexibility index (Phi) is 6.93. The normalized spacial score (nSPS) is 11.1. The molecule has 3 rings (SSSR count). The molecule has 0 fully saturated rings. The first-order valence-electron chi connectivity index (χ1n) is 9.04. The molecule has 152 valence electrons. The second-order valence-corrected chi connectivity index (χ2v) is 7.66. The van der Waals surface area contributed by atoms with Crippen LogP contribution in [0.1, 0.15) is 6.92 Å². The van der Waals surface area contributed by atoms with Crippen LogP contribution in [0.2, 0.25) is 0 Å². The Morgan fingerprint density at radius 3 is 2.24 bits per heavy atom. The molecule has 3 N–H and O–H groups in total. The van der Waals surface area contributed by atoms with Gasteiger partial charge in [0.2, 0.25) is 10.0 Å². The summed E-state index contributed by atoms with van der Waals surface area (Å²) in [5, 5.41) is 14.3. The molecule has 0 bridgehead atoms. The molecule has 9 nitrogen and oxygen atoms in total. The predicted molar refractivity (Wildman–Crippen MR) is 111 cm³/mol. The molecule has 0 unspecified atom stereocenters. The van der Waals surface area contributed by atoms with Gasteiger partial charge in [-0.3, -0.25) is 4.98 Å². The van der Waals surface area contributed by atoms with Gasteiger partial charge in [0.05, 0.1) is 11.5 Å². The lowest BCUT2D eigenvalue weighted by molar-refractivity contribution is 0.340. The summed E-state index contributed by atoms with van der Waals surface area (Å²) in [6.45, 7) is 2.96. The van der Waals surface area contributed by atoms with Crippen LogP contribution in [0.15, 0.2) is 65.8 Å². The van der Waals surface area contributed by atoms with Crippen molar-refractivity contribution in [3.05, 3.63) is 60.9 Å². The molecule has 0 aliphatic carbocycles. The van der Waals surface area contributed by atoms with E-state index in [4.69, 9.17) is 4.74 Å². The van der Waals surface area contributed by atoms with E-state index >= 15 is 0 Å². The monoisotopic (exact) mass is 414 g/mol. The van der Waals surface area contributed by atoms with E-state index in [-0.39, 0.29) is 11.4 Å². The summed E-state index contributed by atoms with van der Waals surface area (Å²) in [7, 11) is -3.58. The average Bonchev–Trinajstić information content (AvgIpc) is 2.74. The molecule has 0 saturated heterocycles. The van der Waals surface area contributed by atoms with Crippen LogP contribution >= 0.6 is 0 Å². The van der Waals surface area contributed by atoms with Gasteiger partial charge < -0.3 is 15.4 Å². The number of rotatable bonds is 10. The van der Waals surface area contributed by atoms with Crippen molar-refractivity contribution in [3.63, 3.8) is 0 Å². The Balaban J connectivity index is 1.46. The predicted octanol–water partition coefficient (Wildman–Crippen LogP) is 2.40. The van der Waals surface area contributed by atoms with E-state index in [0.717, 1.165) is 5.69 Å². The van der Waals surface area contributed by atoms with Gasteiger partial charge in [-0.05, 0) is 55.5 Å². The number of hydrogen-bond acceptors (Lipinski definition) is 8. The largest absolute Gasteiger partial charge is 0.494 e. The van der Waals surface area contributed by atoms with E-state index in [1.807, 2.05) is 19.1 Å². The second-order valence-electron chi connectivity index (χ2n) is 5.89. The molecule has 10 heteroatoms. The molecule has 0 aliphatic rings. The van der Waals surface area contributed by atoms with E-state index in [2.05, 4.69) is 30.5 Å². The highest BCUT2D eigenvalue weighted by molar-refractivity contribution is 7.89. The summed E-state index contributed by atoms with van der Waals surface area (Å²) in [4.78, 5) is 4.14. The minimum atomic E-state index is -3.58. The summed E-state index contributed by atoms with van der Waals surface area (Å²) >= 11 is 0. The molecule has 1 aromatic carbocycles. The molecule has 0 radical (unpaired) electrons. The molecule has 0 amide bonds. The SMILES string of the molecule is CCOc1ccc(S(=O)(=O)NCCNc2ccc(Nc3ccncc3)nn2)cc1. The molecule has 2 aromatic heterocycles. The second kappa shape index (κ2) is 9.80. The number of benzene rings is 1. The summed E-state index contributed by atoms with van der Waals surface area (Å²) in [5.74, 6) is 1.78. The maximum atomic E-state index is 12.3. The van der Waals surface area contributed by atoms with Crippen molar-refractivity contribution in [1.29, 1.82) is 0 Å². The van der Waals surface area contributed by atoms with Crippen molar-refractivity contribution in [3.8, 4) is 5.75 Å². The number of aromatic nitrogens is 3. The highest BCUT2D eigenvalue weighted by Crippen LogP contribution is 2.16. The fraction of sp³-hybridized carbons (Fsp3) is 0.211. The van der Waals surface area contributed by atoms with Crippen LogP contribution in [0.25, 0.3) is 0 Å². The minimum Gasteiger partial charge on any atom is -0.494 e. The van der Waals surface area contributed by atoms with Crippen LogP contribution in [0.4, 0.5) is 17.3 Å². The molecule has 0 atom stereocenters. The van der Waals surface area contributed by atoms with Gasteiger partial charge in [0.25, 0.3) is 0 Å². The maximum Gasteiger partial charge on any atom is 0.240 e. The topological polar surface area (TPSA) is 118 Å². The number of sulfonamides is 1. The van der Waals surface area contributed by atoms with Gasteiger partial charge in [-0.25, -0.2) is 13.1 Å². The maximum absolute atomic E-state index is 12.3. The van der Waals surface area contributed by atoms with Gasteiger partial charge in [0, 0.05) is 31.2 Å². The van der Waals surface area contributed by atoms with E-state index in [1.54, 1.807) is 36.7 Å². The summed E-state index contributed by atoms with van der Waals surface area (Å²) in [6.07, 6.45) is 3.36. The molecule has 2 heterocycles. The zero-order chi connectivity index (χ0) is 20.5. The van der Waals surface area contributed by atoms with Gasteiger partial charge in [0.1, 0.15) is 11.6 Å². The Morgan fingerprint density at radius 2 is 1.59 bits per heavy atom. The van der Waals surface area contributed by atoms with Crippen LogP contribution in [0, 0.1) is 0 Å². The third-order valence-corrected chi connectivity index (χ3v) is 5.26. The van der Waals surface area contributed by atoms with Crippen LogP contribution in [0.3, 0.4) is 0 Å². The highest BCUT2D eigenvalue weighted by atomic mass is 32.2. The number of nitrogens with one attached hydrogen (secondary N) is 3. The number of anilines is 3. The molecule has 0 aliphatic heterocycles. The first-order chi connectivity index (χ1) is 14.1. The first kappa shape index (κ1) is 20.5. The van der Waals surface area contributed by atoms with Crippen LogP contribution in [-0.2, 0) is 10.0 Å².